The molecule has 1 amide bonds. The number of halogens is 1. The minimum Gasteiger partial charge on any atom is -0.409 e. The van der Waals surface area contributed by atoms with E-state index in [0.29, 0.717) is 17.1 Å². The van der Waals surface area contributed by atoms with Crippen molar-refractivity contribution in [3.8, 4) is 17.0 Å². The molecule has 2 heterocycles. The number of hydrogen-bond acceptors (Lipinski definition) is 3. The lowest BCUT2D eigenvalue weighted by molar-refractivity contribution is 0.210. The summed E-state index contributed by atoms with van der Waals surface area (Å²) in [5.41, 5.74) is 7.13. The van der Waals surface area contributed by atoms with Gasteiger partial charge < -0.3 is 14.9 Å². The largest absolute Gasteiger partial charge is 0.410 e. The monoisotopic (exact) mass is 271 g/mol. The van der Waals surface area contributed by atoms with Crippen molar-refractivity contribution in [2.24, 2.45) is 5.73 Å². The third-order valence-electron chi connectivity index (χ3n) is 2.78. The lowest BCUT2D eigenvalue weighted by Crippen LogP contribution is -2.16. The zero-order valence-electron chi connectivity index (χ0n) is 10.3. The number of pyridine rings is 1. The van der Waals surface area contributed by atoms with E-state index in [2.05, 4.69) is 4.98 Å². The van der Waals surface area contributed by atoms with E-state index in [1.165, 1.54) is 12.1 Å². The molecule has 0 atom stereocenters. The maximum Gasteiger partial charge on any atom is 0.410 e. The van der Waals surface area contributed by atoms with Gasteiger partial charge in [-0.2, -0.15) is 0 Å². The third-order valence-corrected chi connectivity index (χ3v) is 2.78. The fourth-order valence-corrected chi connectivity index (χ4v) is 1.91. The molecule has 20 heavy (non-hydrogen) atoms. The second-order valence-electron chi connectivity index (χ2n) is 4.18. The first-order valence-electron chi connectivity index (χ1n) is 5.84. The summed E-state index contributed by atoms with van der Waals surface area (Å²) in [6.07, 6.45) is 2.49. The van der Waals surface area contributed by atoms with Crippen molar-refractivity contribution >= 4 is 11.7 Å². The van der Waals surface area contributed by atoms with Crippen LogP contribution in [0.4, 0.5) is 9.18 Å². The Morgan fingerprint density at radius 2 is 1.90 bits per heavy atom. The molecule has 5 nitrogen and oxygen atoms in total. The average molecular weight is 271 g/mol. The number of imidazole rings is 1. The number of rotatable bonds is 2. The van der Waals surface area contributed by atoms with E-state index < -0.39 is 6.09 Å². The number of nitrogens with zero attached hydrogens (tertiary/aromatic N) is 2. The molecule has 100 valence electrons. The minimum atomic E-state index is -0.872. The molecule has 0 aliphatic rings. The smallest absolute Gasteiger partial charge is 0.409 e. The Bertz CT molecular complexity index is 781. The molecule has 0 unspecified atom stereocenters. The van der Waals surface area contributed by atoms with Crippen LogP contribution in [0.2, 0.25) is 0 Å². The number of primary amides is 1. The number of fused-ring (bicyclic) bond motifs is 1. The van der Waals surface area contributed by atoms with Crippen LogP contribution < -0.4 is 10.5 Å². The highest BCUT2D eigenvalue weighted by molar-refractivity contribution is 5.68. The van der Waals surface area contributed by atoms with Gasteiger partial charge in [-0.3, -0.25) is 0 Å². The normalized spacial score (nSPS) is 10.7. The highest BCUT2D eigenvalue weighted by Gasteiger charge is 2.06. The van der Waals surface area contributed by atoms with E-state index in [9.17, 15) is 9.18 Å². The molecular formula is C14H10FN3O2. The zero-order chi connectivity index (χ0) is 14.1. The maximum absolute atomic E-state index is 12.9. The van der Waals surface area contributed by atoms with Crippen LogP contribution in [0.15, 0.2) is 48.8 Å². The molecule has 0 spiro atoms. The number of carbonyl (C=O) groups is 1. The first kappa shape index (κ1) is 12.2. The molecule has 6 heteroatoms. The summed E-state index contributed by atoms with van der Waals surface area (Å²) < 4.78 is 19.4. The van der Waals surface area contributed by atoms with E-state index in [0.717, 1.165) is 5.56 Å². The SMILES string of the molecule is NC(=O)Oc1ccc2nc(-c3ccc(F)cc3)cn2c1. The molecule has 0 aliphatic carbocycles. The molecular weight excluding hydrogens is 261 g/mol. The Balaban J connectivity index is 2.01. The van der Waals surface area contributed by atoms with Gasteiger partial charge in [-0.25, -0.2) is 14.2 Å². The van der Waals surface area contributed by atoms with Gasteiger partial charge in [0, 0.05) is 11.8 Å². The summed E-state index contributed by atoms with van der Waals surface area (Å²) in [4.78, 5) is 15.1. The van der Waals surface area contributed by atoms with Crippen molar-refractivity contribution in [3.05, 3.63) is 54.6 Å². The van der Waals surface area contributed by atoms with Gasteiger partial charge in [0.05, 0.1) is 11.9 Å². The van der Waals surface area contributed by atoms with Crippen LogP contribution >= 0.6 is 0 Å². The van der Waals surface area contributed by atoms with Crippen molar-refractivity contribution in [1.82, 2.24) is 9.38 Å². The Morgan fingerprint density at radius 1 is 1.15 bits per heavy atom. The number of hydrogen-bond donors (Lipinski definition) is 1. The molecule has 0 saturated heterocycles. The Labute approximate surface area is 113 Å². The molecule has 0 bridgehead atoms. The Kier molecular flexibility index (Phi) is 2.83. The van der Waals surface area contributed by atoms with Crippen LogP contribution in [0.5, 0.6) is 5.75 Å². The van der Waals surface area contributed by atoms with E-state index >= 15 is 0 Å². The van der Waals surface area contributed by atoms with Crippen LogP contribution in [-0.2, 0) is 0 Å². The van der Waals surface area contributed by atoms with Gasteiger partial charge in [-0.05, 0) is 36.4 Å². The lowest BCUT2D eigenvalue weighted by atomic mass is 10.2. The van der Waals surface area contributed by atoms with Gasteiger partial charge in [0.2, 0.25) is 0 Å². The highest BCUT2D eigenvalue weighted by atomic mass is 19.1. The van der Waals surface area contributed by atoms with Crippen LogP contribution in [-0.4, -0.2) is 15.5 Å². The van der Waals surface area contributed by atoms with Crippen LogP contribution in [0, 0.1) is 5.82 Å². The predicted molar refractivity (Wildman–Crippen MR) is 70.8 cm³/mol. The summed E-state index contributed by atoms with van der Waals surface area (Å²) >= 11 is 0. The summed E-state index contributed by atoms with van der Waals surface area (Å²) in [6.45, 7) is 0. The number of nitrogens with two attached hydrogens (primary N) is 1. The summed E-state index contributed by atoms with van der Waals surface area (Å²) in [5.74, 6) is 0.0303. The minimum absolute atomic E-state index is 0.297. The number of ether oxygens (including phenoxy) is 1. The van der Waals surface area contributed by atoms with Crippen molar-refractivity contribution < 1.29 is 13.9 Å². The molecule has 1 aromatic carbocycles. The molecule has 0 radical (unpaired) electrons. The van der Waals surface area contributed by atoms with Crippen molar-refractivity contribution in [3.63, 3.8) is 0 Å². The molecule has 0 aliphatic heterocycles. The predicted octanol–water partition coefficient (Wildman–Crippen LogP) is 2.60. The van der Waals surface area contributed by atoms with Crippen molar-refractivity contribution in [1.29, 1.82) is 0 Å². The zero-order valence-corrected chi connectivity index (χ0v) is 10.3. The lowest BCUT2D eigenvalue weighted by Gasteiger charge is -2.00. The first-order valence-corrected chi connectivity index (χ1v) is 5.84. The molecule has 3 aromatic rings. The van der Waals surface area contributed by atoms with Crippen molar-refractivity contribution in [2.75, 3.05) is 0 Å². The molecule has 0 saturated carbocycles. The Morgan fingerprint density at radius 3 is 2.60 bits per heavy atom. The van der Waals surface area contributed by atoms with Gasteiger partial charge in [-0.1, -0.05) is 0 Å². The summed E-state index contributed by atoms with van der Waals surface area (Å²) in [6, 6.07) is 9.35. The van der Waals surface area contributed by atoms with Gasteiger partial charge in [0.1, 0.15) is 17.2 Å². The quantitative estimate of drug-likeness (QED) is 0.778. The fraction of sp³-hybridized carbons (Fsp3) is 0. The average Bonchev–Trinajstić information content (AvgIpc) is 2.81. The standard InChI is InChI=1S/C14H10FN3O2/c15-10-3-1-9(2-4-10)12-8-18-7-11(20-14(16)19)5-6-13(18)17-12/h1-8H,(H2,16,19). The second-order valence-corrected chi connectivity index (χ2v) is 4.18. The molecule has 2 aromatic heterocycles. The van der Waals surface area contributed by atoms with Gasteiger partial charge in [0.15, 0.2) is 0 Å². The maximum atomic E-state index is 12.9. The number of aromatic nitrogens is 2. The van der Waals surface area contributed by atoms with Crippen LogP contribution in [0.25, 0.3) is 16.9 Å². The summed E-state index contributed by atoms with van der Waals surface area (Å²) in [5, 5.41) is 0. The summed E-state index contributed by atoms with van der Waals surface area (Å²) in [7, 11) is 0. The van der Waals surface area contributed by atoms with Crippen LogP contribution in [0.3, 0.4) is 0 Å². The topological polar surface area (TPSA) is 69.6 Å². The third kappa shape index (κ3) is 2.31. The second kappa shape index (κ2) is 4.65. The molecule has 0 fully saturated rings. The number of amides is 1. The highest BCUT2D eigenvalue weighted by Crippen LogP contribution is 2.21. The van der Waals surface area contributed by atoms with E-state index in [4.69, 9.17) is 10.5 Å². The fourth-order valence-electron chi connectivity index (χ4n) is 1.91. The van der Waals surface area contributed by atoms with Crippen molar-refractivity contribution in [2.45, 2.75) is 0 Å². The first-order chi connectivity index (χ1) is 9.61. The van der Waals surface area contributed by atoms with E-state index in [1.807, 2.05) is 0 Å². The molecule has 3 rings (SSSR count). The Hall–Kier alpha value is -2.89. The van der Waals surface area contributed by atoms with Crippen LogP contribution in [0.1, 0.15) is 0 Å². The van der Waals surface area contributed by atoms with Gasteiger partial charge >= 0.3 is 6.09 Å². The van der Waals surface area contributed by atoms with E-state index in [-0.39, 0.29) is 5.82 Å². The molecule has 2 N–H and O–H groups in total. The van der Waals surface area contributed by atoms with Gasteiger partial charge in [0.25, 0.3) is 0 Å². The number of carbonyl (C=O) groups excluding carboxylic acids is 1. The number of benzene rings is 1. The van der Waals surface area contributed by atoms with E-state index in [1.54, 1.807) is 41.1 Å². The van der Waals surface area contributed by atoms with Gasteiger partial charge in [-0.15, -0.1) is 0 Å².